The van der Waals surface area contributed by atoms with Crippen LogP contribution in [0.5, 0.6) is 0 Å². The van der Waals surface area contributed by atoms with Crippen molar-refractivity contribution in [2.75, 3.05) is 18.9 Å². The van der Waals surface area contributed by atoms with Crippen molar-refractivity contribution in [2.45, 2.75) is 13.5 Å². The number of amides is 2. The van der Waals surface area contributed by atoms with Gasteiger partial charge in [0.05, 0.1) is 19.4 Å². The minimum absolute atomic E-state index is 0.0831. The van der Waals surface area contributed by atoms with Gasteiger partial charge in [-0.15, -0.1) is 0 Å². The third-order valence-corrected chi connectivity index (χ3v) is 3.43. The van der Waals surface area contributed by atoms with E-state index in [1.54, 1.807) is 43.3 Å². The first-order chi connectivity index (χ1) is 10.5. The molecule has 0 spiro atoms. The number of benzene rings is 1. The molecular weight excluding hydrogens is 282 g/mol. The van der Waals surface area contributed by atoms with Gasteiger partial charge in [0.15, 0.2) is 0 Å². The number of carbonyl (C=O) groups excluding carboxylic acids is 2. The van der Waals surface area contributed by atoms with E-state index in [0.717, 1.165) is 17.0 Å². The second kappa shape index (κ2) is 6.80. The van der Waals surface area contributed by atoms with Crippen LogP contribution >= 0.6 is 0 Å². The molecule has 0 saturated heterocycles. The number of anilines is 1. The molecule has 1 aromatic carbocycles. The van der Waals surface area contributed by atoms with Crippen LogP contribution in [0.15, 0.2) is 41.0 Å². The first-order valence-electron chi connectivity index (χ1n) is 6.88. The van der Waals surface area contributed by atoms with E-state index < -0.39 is 5.91 Å². The van der Waals surface area contributed by atoms with E-state index in [-0.39, 0.29) is 12.5 Å². The summed E-state index contributed by atoms with van der Waals surface area (Å²) >= 11 is 0. The molecule has 1 aromatic heterocycles. The van der Waals surface area contributed by atoms with E-state index in [9.17, 15) is 9.59 Å². The average molecular weight is 301 g/mol. The minimum atomic E-state index is -0.484. The van der Waals surface area contributed by atoms with Gasteiger partial charge in [-0.2, -0.15) is 0 Å². The highest BCUT2D eigenvalue weighted by Crippen LogP contribution is 2.18. The molecule has 3 N–H and O–H groups in total. The van der Waals surface area contributed by atoms with Gasteiger partial charge >= 0.3 is 0 Å². The van der Waals surface area contributed by atoms with Crippen molar-refractivity contribution in [3.63, 3.8) is 0 Å². The van der Waals surface area contributed by atoms with E-state index >= 15 is 0 Å². The summed E-state index contributed by atoms with van der Waals surface area (Å²) in [6.45, 7) is 2.33. The Balaban J connectivity index is 1.96. The number of carbonyl (C=O) groups is 2. The largest absolute Gasteiger partial charge is 0.467 e. The Morgan fingerprint density at radius 3 is 2.68 bits per heavy atom. The predicted molar refractivity (Wildman–Crippen MR) is 83.4 cm³/mol. The van der Waals surface area contributed by atoms with Gasteiger partial charge in [-0.25, -0.2) is 0 Å². The zero-order valence-electron chi connectivity index (χ0n) is 12.6. The highest BCUT2D eigenvalue weighted by Gasteiger charge is 2.12. The van der Waals surface area contributed by atoms with Crippen molar-refractivity contribution in [1.82, 2.24) is 4.90 Å². The number of nitrogens with one attached hydrogen (secondary N) is 1. The summed E-state index contributed by atoms with van der Waals surface area (Å²) < 4.78 is 5.21. The average Bonchev–Trinajstić information content (AvgIpc) is 2.98. The van der Waals surface area contributed by atoms with Crippen molar-refractivity contribution in [1.29, 1.82) is 0 Å². The second-order valence-electron chi connectivity index (χ2n) is 5.03. The standard InChI is InChI=1S/C16H19N3O3/c1-11-13(16(17)21)6-3-7-14(11)18-9-15(20)19(2)10-12-5-4-8-22-12/h3-8,18H,9-10H2,1-2H3,(H2,17,21). The summed E-state index contributed by atoms with van der Waals surface area (Å²) in [6.07, 6.45) is 1.57. The summed E-state index contributed by atoms with van der Waals surface area (Å²) in [5.41, 5.74) is 7.21. The monoisotopic (exact) mass is 301 g/mol. The summed E-state index contributed by atoms with van der Waals surface area (Å²) in [5.74, 6) is 0.158. The number of nitrogens with zero attached hydrogens (tertiary/aromatic N) is 1. The maximum atomic E-state index is 12.1. The lowest BCUT2D eigenvalue weighted by molar-refractivity contribution is -0.128. The van der Waals surface area contributed by atoms with Crippen LogP contribution in [-0.4, -0.2) is 30.3 Å². The van der Waals surface area contributed by atoms with Crippen LogP contribution in [0.1, 0.15) is 21.7 Å². The maximum Gasteiger partial charge on any atom is 0.249 e. The number of primary amides is 1. The predicted octanol–water partition coefficient (Wildman–Crippen LogP) is 1.76. The van der Waals surface area contributed by atoms with Gasteiger partial charge in [0.1, 0.15) is 5.76 Å². The Hall–Kier alpha value is -2.76. The number of hydrogen-bond donors (Lipinski definition) is 2. The lowest BCUT2D eigenvalue weighted by Gasteiger charge is -2.17. The third kappa shape index (κ3) is 3.66. The number of hydrogen-bond acceptors (Lipinski definition) is 4. The van der Waals surface area contributed by atoms with Gasteiger partial charge in [0.25, 0.3) is 0 Å². The summed E-state index contributed by atoms with van der Waals surface area (Å²) in [6, 6.07) is 8.80. The number of likely N-dealkylation sites (N-methyl/N-ethyl adjacent to an activating group) is 1. The quantitative estimate of drug-likeness (QED) is 0.851. The minimum Gasteiger partial charge on any atom is -0.467 e. The van der Waals surface area contributed by atoms with Crippen LogP contribution in [0, 0.1) is 6.92 Å². The fourth-order valence-electron chi connectivity index (χ4n) is 2.12. The molecular formula is C16H19N3O3. The lowest BCUT2D eigenvalue weighted by Crippen LogP contribution is -2.31. The van der Waals surface area contributed by atoms with Crippen LogP contribution in [0.25, 0.3) is 0 Å². The normalized spacial score (nSPS) is 10.3. The van der Waals surface area contributed by atoms with Crippen LogP contribution in [0.3, 0.4) is 0 Å². The van der Waals surface area contributed by atoms with Crippen LogP contribution in [0.4, 0.5) is 5.69 Å². The molecule has 0 saturated carbocycles. The van der Waals surface area contributed by atoms with Gasteiger partial charge in [0, 0.05) is 18.3 Å². The van der Waals surface area contributed by atoms with E-state index in [1.807, 2.05) is 12.1 Å². The van der Waals surface area contributed by atoms with Crippen molar-refractivity contribution < 1.29 is 14.0 Å². The molecule has 6 nitrogen and oxygen atoms in total. The van der Waals surface area contributed by atoms with Gasteiger partial charge in [-0.3, -0.25) is 9.59 Å². The second-order valence-corrected chi connectivity index (χ2v) is 5.03. The Morgan fingerprint density at radius 1 is 1.27 bits per heavy atom. The molecule has 0 aliphatic carbocycles. The molecule has 0 bridgehead atoms. The first kappa shape index (κ1) is 15.6. The van der Waals surface area contributed by atoms with E-state index in [4.69, 9.17) is 10.2 Å². The molecule has 22 heavy (non-hydrogen) atoms. The van der Waals surface area contributed by atoms with Crippen LogP contribution in [0.2, 0.25) is 0 Å². The van der Waals surface area contributed by atoms with Crippen LogP contribution < -0.4 is 11.1 Å². The Kier molecular flexibility index (Phi) is 4.83. The number of rotatable bonds is 6. The molecule has 1 heterocycles. The molecule has 0 aliphatic rings. The molecule has 0 aliphatic heterocycles. The lowest BCUT2D eigenvalue weighted by atomic mass is 10.1. The zero-order valence-corrected chi connectivity index (χ0v) is 12.6. The molecule has 116 valence electrons. The summed E-state index contributed by atoms with van der Waals surface area (Å²) in [5, 5.41) is 3.04. The third-order valence-electron chi connectivity index (χ3n) is 3.43. The Bertz CT molecular complexity index is 665. The highest BCUT2D eigenvalue weighted by molar-refractivity contribution is 5.96. The highest BCUT2D eigenvalue weighted by atomic mass is 16.3. The van der Waals surface area contributed by atoms with E-state index in [1.165, 1.54) is 0 Å². The number of nitrogens with two attached hydrogens (primary N) is 1. The van der Waals surface area contributed by atoms with Gasteiger partial charge < -0.3 is 20.4 Å². The maximum absolute atomic E-state index is 12.1. The Morgan fingerprint density at radius 2 is 2.05 bits per heavy atom. The van der Waals surface area contributed by atoms with Gasteiger partial charge in [-0.05, 0) is 36.8 Å². The Labute approximate surface area is 128 Å². The van der Waals surface area contributed by atoms with Crippen molar-refractivity contribution in [3.8, 4) is 0 Å². The summed E-state index contributed by atoms with van der Waals surface area (Å²) in [7, 11) is 1.71. The van der Waals surface area contributed by atoms with E-state index in [0.29, 0.717) is 12.1 Å². The van der Waals surface area contributed by atoms with Crippen LogP contribution in [-0.2, 0) is 11.3 Å². The molecule has 2 rings (SSSR count). The number of furan rings is 1. The van der Waals surface area contributed by atoms with E-state index in [2.05, 4.69) is 5.32 Å². The van der Waals surface area contributed by atoms with Crippen molar-refractivity contribution in [2.24, 2.45) is 5.73 Å². The van der Waals surface area contributed by atoms with Gasteiger partial charge in [0.2, 0.25) is 11.8 Å². The van der Waals surface area contributed by atoms with Crippen molar-refractivity contribution >= 4 is 17.5 Å². The molecule has 2 aromatic rings. The topological polar surface area (TPSA) is 88.6 Å². The molecule has 0 fully saturated rings. The fraction of sp³-hybridized carbons (Fsp3) is 0.250. The molecule has 0 atom stereocenters. The smallest absolute Gasteiger partial charge is 0.249 e. The SMILES string of the molecule is Cc1c(NCC(=O)N(C)Cc2ccco2)cccc1C(N)=O. The zero-order chi connectivity index (χ0) is 16.1. The first-order valence-corrected chi connectivity index (χ1v) is 6.88. The molecule has 2 amide bonds. The molecule has 0 radical (unpaired) electrons. The molecule has 0 unspecified atom stereocenters. The van der Waals surface area contributed by atoms with Gasteiger partial charge in [-0.1, -0.05) is 6.07 Å². The fourth-order valence-corrected chi connectivity index (χ4v) is 2.12. The summed E-state index contributed by atoms with van der Waals surface area (Å²) in [4.78, 5) is 25.0. The molecule has 6 heteroatoms. The van der Waals surface area contributed by atoms with Crippen molar-refractivity contribution in [3.05, 3.63) is 53.5 Å².